The molecule has 6 rings (SSSR count). The molecule has 0 spiro atoms. The number of sulfonamides is 1. The standard InChI is InChI=1S/C26H22N6O3S3/c1-38(34,35)30-20-5-2-4-19(14-20)25-27-21(16-37-25)24-29-28-23-15-31(11-12-32(23)24)26(33)18-9-7-17(8-10-18)22-6-3-13-36-22/h2-10,13-14,16,30H,11-12,15H2,1H3. The van der Waals surface area contributed by atoms with Crippen molar-refractivity contribution in [3.63, 3.8) is 0 Å². The van der Waals surface area contributed by atoms with E-state index in [1.165, 1.54) is 16.2 Å². The van der Waals surface area contributed by atoms with Crippen LogP contribution in [0.3, 0.4) is 0 Å². The summed E-state index contributed by atoms with van der Waals surface area (Å²) in [6.45, 7) is 1.48. The van der Waals surface area contributed by atoms with Gasteiger partial charge in [0.1, 0.15) is 10.7 Å². The highest BCUT2D eigenvalue weighted by Gasteiger charge is 2.26. The molecule has 0 fully saturated rings. The number of carbonyl (C=O) groups excluding carboxylic acids is 1. The third-order valence-electron chi connectivity index (χ3n) is 6.12. The Bertz CT molecular complexity index is 1720. The summed E-state index contributed by atoms with van der Waals surface area (Å²) >= 11 is 3.12. The highest BCUT2D eigenvalue weighted by molar-refractivity contribution is 7.92. The summed E-state index contributed by atoms with van der Waals surface area (Å²) in [6, 6.07) is 18.9. The predicted molar refractivity (Wildman–Crippen MR) is 150 cm³/mol. The Labute approximate surface area is 227 Å². The van der Waals surface area contributed by atoms with Crippen molar-refractivity contribution in [2.24, 2.45) is 0 Å². The van der Waals surface area contributed by atoms with E-state index in [1.807, 2.05) is 51.7 Å². The van der Waals surface area contributed by atoms with Crippen LogP contribution in [0, 0.1) is 0 Å². The quantitative estimate of drug-likeness (QED) is 0.318. The number of hydrogen-bond donors (Lipinski definition) is 1. The number of thiophene rings is 1. The Morgan fingerprint density at radius 3 is 2.58 bits per heavy atom. The number of nitrogens with one attached hydrogen (secondary N) is 1. The average Bonchev–Trinajstić information content (AvgIpc) is 3.68. The number of carbonyl (C=O) groups is 1. The van der Waals surface area contributed by atoms with Gasteiger partial charge in [0, 0.05) is 40.2 Å². The Hall–Kier alpha value is -3.87. The molecule has 0 saturated carbocycles. The van der Waals surface area contributed by atoms with Crippen molar-refractivity contribution in [3.8, 4) is 32.5 Å². The first-order chi connectivity index (χ1) is 18.3. The first-order valence-electron chi connectivity index (χ1n) is 11.7. The molecule has 192 valence electrons. The Kier molecular flexibility index (Phi) is 6.30. The van der Waals surface area contributed by atoms with Gasteiger partial charge in [0.2, 0.25) is 10.0 Å². The maximum absolute atomic E-state index is 13.2. The molecule has 0 saturated heterocycles. The largest absolute Gasteiger partial charge is 0.329 e. The van der Waals surface area contributed by atoms with E-state index >= 15 is 0 Å². The van der Waals surface area contributed by atoms with Crippen LogP contribution in [0.4, 0.5) is 5.69 Å². The molecular formula is C26H22N6O3S3. The minimum atomic E-state index is -3.37. The van der Waals surface area contributed by atoms with Crippen molar-refractivity contribution >= 4 is 44.3 Å². The van der Waals surface area contributed by atoms with Crippen LogP contribution in [0.1, 0.15) is 16.2 Å². The zero-order chi connectivity index (χ0) is 26.3. The van der Waals surface area contributed by atoms with Crippen molar-refractivity contribution in [1.82, 2.24) is 24.6 Å². The van der Waals surface area contributed by atoms with Crippen LogP contribution in [0.25, 0.3) is 32.5 Å². The van der Waals surface area contributed by atoms with Gasteiger partial charge in [-0.15, -0.1) is 32.9 Å². The van der Waals surface area contributed by atoms with E-state index in [0.29, 0.717) is 48.2 Å². The molecule has 3 aromatic heterocycles. The second-order valence-corrected chi connectivity index (χ2v) is 12.4. The SMILES string of the molecule is CS(=O)(=O)Nc1cccc(-c2nc(-c3nnc4n3CCN(C(=O)c3ccc(-c5cccs5)cc3)C4)cs2)c1. The van der Waals surface area contributed by atoms with Crippen LogP contribution >= 0.6 is 22.7 Å². The number of nitrogens with zero attached hydrogens (tertiary/aromatic N) is 5. The summed E-state index contributed by atoms with van der Waals surface area (Å²) in [7, 11) is -3.37. The van der Waals surface area contributed by atoms with Gasteiger partial charge in [-0.3, -0.25) is 9.52 Å². The number of rotatable bonds is 6. The third-order valence-corrected chi connectivity index (χ3v) is 8.54. The van der Waals surface area contributed by atoms with E-state index in [-0.39, 0.29) is 5.91 Å². The summed E-state index contributed by atoms with van der Waals surface area (Å²) in [6.07, 6.45) is 1.12. The van der Waals surface area contributed by atoms with Gasteiger partial charge in [-0.05, 0) is 41.3 Å². The van der Waals surface area contributed by atoms with Gasteiger partial charge < -0.3 is 9.47 Å². The van der Waals surface area contributed by atoms with E-state index in [1.54, 1.807) is 34.4 Å². The maximum atomic E-state index is 13.2. The molecule has 1 aliphatic heterocycles. The highest BCUT2D eigenvalue weighted by atomic mass is 32.2. The van der Waals surface area contributed by atoms with Gasteiger partial charge in [-0.1, -0.05) is 30.3 Å². The van der Waals surface area contributed by atoms with Gasteiger partial charge >= 0.3 is 0 Å². The van der Waals surface area contributed by atoms with Gasteiger partial charge in [0.25, 0.3) is 5.91 Å². The molecule has 0 unspecified atom stereocenters. The lowest BCUT2D eigenvalue weighted by molar-refractivity contribution is 0.0708. The molecular weight excluding hydrogens is 541 g/mol. The average molecular weight is 563 g/mol. The van der Waals surface area contributed by atoms with Gasteiger partial charge in [-0.25, -0.2) is 13.4 Å². The molecule has 0 aliphatic carbocycles. The van der Waals surface area contributed by atoms with Crippen molar-refractivity contribution in [3.05, 3.63) is 82.8 Å². The van der Waals surface area contributed by atoms with Crippen molar-refractivity contribution < 1.29 is 13.2 Å². The fourth-order valence-electron chi connectivity index (χ4n) is 4.36. The monoisotopic (exact) mass is 562 g/mol. The molecule has 2 aromatic carbocycles. The van der Waals surface area contributed by atoms with Crippen molar-refractivity contribution in [2.75, 3.05) is 17.5 Å². The predicted octanol–water partition coefficient (Wildman–Crippen LogP) is 4.82. The molecule has 1 N–H and O–H groups in total. The zero-order valence-corrected chi connectivity index (χ0v) is 22.7. The number of benzene rings is 2. The number of anilines is 1. The molecule has 0 bridgehead atoms. The lowest BCUT2D eigenvalue weighted by atomic mass is 10.1. The third kappa shape index (κ3) is 4.97. The van der Waals surface area contributed by atoms with E-state index in [2.05, 4.69) is 21.0 Å². The molecule has 9 nitrogen and oxygen atoms in total. The second kappa shape index (κ2) is 9.78. The minimum Gasteiger partial charge on any atom is -0.329 e. The van der Waals surface area contributed by atoms with Crippen molar-refractivity contribution in [2.45, 2.75) is 13.1 Å². The van der Waals surface area contributed by atoms with E-state index < -0.39 is 10.0 Å². The summed E-state index contributed by atoms with van der Waals surface area (Å²) < 4.78 is 27.7. The fourth-order valence-corrected chi connectivity index (χ4v) is 6.45. The molecule has 5 aromatic rings. The van der Waals surface area contributed by atoms with E-state index in [9.17, 15) is 13.2 Å². The first-order valence-corrected chi connectivity index (χ1v) is 15.4. The lowest BCUT2D eigenvalue weighted by Crippen LogP contribution is -2.38. The van der Waals surface area contributed by atoms with Crippen LogP contribution in [0.15, 0.2) is 71.4 Å². The van der Waals surface area contributed by atoms with Crippen LogP contribution in [-0.4, -0.2) is 51.8 Å². The molecule has 0 atom stereocenters. The molecule has 1 amide bonds. The van der Waals surface area contributed by atoms with Gasteiger partial charge in [0.05, 0.1) is 12.8 Å². The molecule has 12 heteroatoms. The molecule has 4 heterocycles. The van der Waals surface area contributed by atoms with E-state index in [0.717, 1.165) is 22.4 Å². The summed E-state index contributed by atoms with van der Waals surface area (Å²) in [5, 5.41) is 13.4. The first kappa shape index (κ1) is 24.5. The fraction of sp³-hybridized carbons (Fsp3) is 0.154. The van der Waals surface area contributed by atoms with Gasteiger partial charge in [-0.2, -0.15) is 0 Å². The highest BCUT2D eigenvalue weighted by Crippen LogP contribution is 2.31. The Balaban J connectivity index is 1.18. The Morgan fingerprint density at radius 1 is 0.974 bits per heavy atom. The number of thiazole rings is 1. The Morgan fingerprint density at radius 2 is 1.82 bits per heavy atom. The van der Waals surface area contributed by atoms with Crippen LogP contribution in [-0.2, 0) is 23.1 Å². The number of aromatic nitrogens is 4. The smallest absolute Gasteiger partial charge is 0.254 e. The topological polar surface area (TPSA) is 110 Å². The maximum Gasteiger partial charge on any atom is 0.254 e. The van der Waals surface area contributed by atoms with Crippen LogP contribution < -0.4 is 4.72 Å². The second-order valence-electron chi connectivity index (χ2n) is 8.87. The number of fused-ring (bicyclic) bond motifs is 1. The summed E-state index contributed by atoms with van der Waals surface area (Å²) in [5.41, 5.74) is 3.72. The molecule has 1 aliphatic rings. The minimum absolute atomic E-state index is 0.0305. The van der Waals surface area contributed by atoms with Crippen LogP contribution in [0.5, 0.6) is 0 Å². The normalized spacial score (nSPS) is 13.3. The van der Waals surface area contributed by atoms with Gasteiger partial charge in [0.15, 0.2) is 11.6 Å². The van der Waals surface area contributed by atoms with E-state index in [4.69, 9.17) is 4.98 Å². The van der Waals surface area contributed by atoms with Crippen molar-refractivity contribution in [1.29, 1.82) is 0 Å². The van der Waals surface area contributed by atoms with Crippen LogP contribution in [0.2, 0.25) is 0 Å². The molecule has 0 radical (unpaired) electrons. The molecule has 38 heavy (non-hydrogen) atoms. The zero-order valence-electron chi connectivity index (χ0n) is 20.2. The number of hydrogen-bond acceptors (Lipinski definition) is 8. The summed E-state index contributed by atoms with van der Waals surface area (Å²) in [4.78, 5) is 20.9. The lowest BCUT2D eigenvalue weighted by Gasteiger charge is -2.27. The number of amides is 1. The summed E-state index contributed by atoms with van der Waals surface area (Å²) in [5.74, 6) is 1.33.